The van der Waals surface area contributed by atoms with Gasteiger partial charge < -0.3 is 14.6 Å². The summed E-state index contributed by atoms with van der Waals surface area (Å²) in [7, 11) is 1.35. The molecule has 0 spiro atoms. The standard InChI is InChI=1S/C17H22N4O4/c1-5-6-21-11(2)7-13(12(21)3)8-14(9-18)16(23)25-10-15(22)20-17(24)19-4/h7-8H,5-6,10H2,1-4H3,(H2,19,20,22,24)/b14-8-. The predicted octanol–water partition coefficient (Wildman–Crippen LogP) is 1.42. The van der Waals surface area contributed by atoms with Gasteiger partial charge in [0.1, 0.15) is 11.6 Å². The third-order valence-corrected chi connectivity index (χ3v) is 3.51. The van der Waals surface area contributed by atoms with Gasteiger partial charge in [-0.05, 0) is 38.0 Å². The van der Waals surface area contributed by atoms with Crippen LogP contribution in [0.25, 0.3) is 6.08 Å². The monoisotopic (exact) mass is 346 g/mol. The number of amides is 3. The van der Waals surface area contributed by atoms with Crippen LogP contribution in [0, 0.1) is 25.2 Å². The Morgan fingerprint density at radius 3 is 2.60 bits per heavy atom. The third kappa shape index (κ3) is 5.49. The van der Waals surface area contributed by atoms with Crippen LogP contribution in [0.3, 0.4) is 0 Å². The molecule has 0 bridgehead atoms. The molecule has 8 heteroatoms. The molecule has 0 saturated heterocycles. The van der Waals surface area contributed by atoms with E-state index in [1.165, 1.54) is 13.1 Å². The predicted molar refractivity (Wildman–Crippen MR) is 91.3 cm³/mol. The van der Waals surface area contributed by atoms with Crippen molar-refractivity contribution in [1.29, 1.82) is 5.26 Å². The van der Waals surface area contributed by atoms with Crippen molar-refractivity contribution in [3.63, 3.8) is 0 Å². The van der Waals surface area contributed by atoms with Gasteiger partial charge in [-0.15, -0.1) is 0 Å². The van der Waals surface area contributed by atoms with E-state index in [0.717, 1.165) is 29.9 Å². The lowest BCUT2D eigenvalue weighted by atomic mass is 10.1. The number of imide groups is 1. The SMILES string of the molecule is CCCn1c(C)cc(/C=C(/C#N)C(=O)OCC(=O)NC(=O)NC)c1C. The average molecular weight is 346 g/mol. The molecular weight excluding hydrogens is 324 g/mol. The zero-order valence-electron chi connectivity index (χ0n) is 14.8. The Labute approximate surface area is 146 Å². The molecule has 1 heterocycles. The van der Waals surface area contributed by atoms with E-state index in [1.54, 1.807) is 6.07 Å². The lowest BCUT2D eigenvalue weighted by Crippen LogP contribution is -2.39. The van der Waals surface area contributed by atoms with Crippen molar-refractivity contribution in [1.82, 2.24) is 15.2 Å². The fourth-order valence-electron chi connectivity index (χ4n) is 2.27. The number of hydrogen-bond acceptors (Lipinski definition) is 5. The van der Waals surface area contributed by atoms with Gasteiger partial charge in [-0.1, -0.05) is 6.92 Å². The molecule has 25 heavy (non-hydrogen) atoms. The largest absolute Gasteiger partial charge is 0.451 e. The Morgan fingerprint density at radius 1 is 1.36 bits per heavy atom. The van der Waals surface area contributed by atoms with Gasteiger partial charge in [0.25, 0.3) is 5.91 Å². The number of nitrogens with zero attached hydrogens (tertiary/aromatic N) is 2. The first-order valence-corrected chi connectivity index (χ1v) is 7.81. The quantitative estimate of drug-likeness (QED) is 0.459. The highest BCUT2D eigenvalue weighted by atomic mass is 16.5. The molecule has 0 radical (unpaired) electrons. The summed E-state index contributed by atoms with van der Waals surface area (Å²) in [5.41, 5.74) is 2.50. The maximum Gasteiger partial charge on any atom is 0.349 e. The van der Waals surface area contributed by atoms with E-state index in [9.17, 15) is 19.6 Å². The van der Waals surface area contributed by atoms with Crippen LogP contribution < -0.4 is 10.6 Å². The number of aryl methyl sites for hydroxylation is 1. The Bertz CT molecular complexity index is 741. The molecule has 0 unspecified atom stereocenters. The highest BCUT2D eigenvalue weighted by Crippen LogP contribution is 2.19. The number of ether oxygens (including phenoxy) is 1. The van der Waals surface area contributed by atoms with Crippen LogP contribution in [-0.4, -0.2) is 36.1 Å². The Balaban J connectivity index is 2.85. The van der Waals surface area contributed by atoms with E-state index in [4.69, 9.17) is 4.74 Å². The molecule has 0 aliphatic rings. The Morgan fingerprint density at radius 2 is 2.04 bits per heavy atom. The zero-order valence-corrected chi connectivity index (χ0v) is 14.8. The second-order valence-corrected chi connectivity index (χ2v) is 5.35. The minimum Gasteiger partial charge on any atom is -0.451 e. The summed E-state index contributed by atoms with van der Waals surface area (Å²) < 4.78 is 6.87. The second-order valence-electron chi connectivity index (χ2n) is 5.35. The van der Waals surface area contributed by atoms with Crippen molar-refractivity contribution in [2.45, 2.75) is 33.7 Å². The van der Waals surface area contributed by atoms with Crippen LogP contribution in [0.2, 0.25) is 0 Å². The molecule has 0 aliphatic heterocycles. The first-order valence-electron chi connectivity index (χ1n) is 7.81. The average Bonchev–Trinajstić information content (AvgIpc) is 2.85. The van der Waals surface area contributed by atoms with E-state index in [2.05, 4.69) is 16.8 Å². The van der Waals surface area contributed by atoms with Gasteiger partial charge in [-0.25, -0.2) is 9.59 Å². The maximum absolute atomic E-state index is 12.0. The topological polar surface area (TPSA) is 113 Å². The Hall–Kier alpha value is -3.08. The summed E-state index contributed by atoms with van der Waals surface area (Å²) in [6.45, 7) is 6.12. The third-order valence-electron chi connectivity index (χ3n) is 3.51. The van der Waals surface area contributed by atoms with E-state index in [-0.39, 0.29) is 5.57 Å². The highest BCUT2D eigenvalue weighted by molar-refractivity contribution is 6.00. The van der Waals surface area contributed by atoms with Crippen LogP contribution in [0.5, 0.6) is 0 Å². The first-order chi connectivity index (χ1) is 11.8. The summed E-state index contributed by atoms with van der Waals surface area (Å²) in [5, 5.41) is 13.3. The van der Waals surface area contributed by atoms with Crippen molar-refractivity contribution in [3.05, 3.63) is 28.6 Å². The van der Waals surface area contributed by atoms with Crippen molar-refractivity contribution >= 4 is 24.0 Å². The molecule has 8 nitrogen and oxygen atoms in total. The smallest absolute Gasteiger partial charge is 0.349 e. The maximum atomic E-state index is 12.0. The number of urea groups is 1. The van der Waals surface area contributed by atoms with Crippen LogP contribution in [0.1, 0.15) is 30.3 Å². The highest BCUT2D eigenvalue weighted by Gasteiger charge is 2.16. The van der Waals surface area contributed by atoms with Crippen LogP contribution in [0.4, 0.5) is 4.79 Å². The number of nitriles is 1. The summed E-state index contributed by atoms with van der Waals surface area (Å²) in [6, 6.07) is 2.96. The molecule has 1 aromatic heterocycles. The zero-order chi connectivity index (χ0) is 19.0. The number of nitrogens with one attached hydrogen (secondary N) is 2. The number of carbonyl (C=O) groups excluding carboxylic acids is 3. The van der Waals surface area contributed by atoms with Gasteiger partial charge in [0, 0.05) is 25.0 Å². The number of esters is 1. The van der Waals surface area contributed by atoms with E-state index in [1.807, 2.05) is 25.2 Å². The summed E-state index contributed by atoms with van der Waals surface area (Å²) >= 11 is 0. The molecule has 0 atom stereocenters. The molecule has 0 fully saturated rings. The molecule has 0 aliphatic carbocycles. The van der Waals surface area contributed by atoms with Gasteiger partial charge >= 0.3 is 12.0 Å². The van der Waals surface area contributed by atoms with Gasteiger partial charge in [0.2, 0.25) is 0 Å². The molecule has 3 amide bonds. The Kier molecular flexibility index (Phi) is 7.41. The van der Waals surface area contributed by atoms with Gasteiger partial charge in [0.05, 0.1) is 0 Å². The molecule has 0 aromatic carbocycles. The van der Waals surface area contributed by atoms with Crippen LogP contribution in [-0.2, 0) is 20.9 Å². The normalized spacial score (nSPS) is 10.8. The number of carbonyl (C=O) groups is 3. The second kappa shape index (κ2) is 9.27. The number of aromatic nitrogens is 1. The van der Waals surface area contributed by atoms with Gasteiger partial charge in [-0.3, -0.25) is 10.1 Å². The molecule has 0 saturated carbocycles. The molecular formula is C17H22N4O4. The van der Waals surface area contributed by atoms with E-state index < -0.39 is 24.5 Å². The summed E-state index contributed by atoms with van der Waals surface area (Å²) in [5.74, 6) is -1.71. The minimum absolute atomic E-state index is 0.218. The van der Waals surface area contributed by atoms with Crippen LogP contribution in [0.15, 0.2) is 11.6 Å². The van der Waals surface area contributed by atoms with Crippen molar-refractivity contribution in [2.75, 3.05) is 13.7 Å². The first kappa shape index (κ1) is 20.0. The van der Waals surface area contributed by atoms with Crippen molar-refractivity contribution < 1.29 is 19.1 Å². The number of rotatable bonds is 6. The number of hydrogen-bond donors (Lipinski definition) is 2. The van der Waals surface area contributed by atoms with Gasteiger partial charge in [0.15, 0.2) is 6.61 Å². The van der Waals surface area contributed by atoms with Crippen LogP contribution >= 0.6 is 0 Å². The lowest BCUT2D eigenvalue weighted by molar-refractivity contribution is -0.144. The van der Waals surface area contributed by atoms with Crippen molar-refractivity contribution in [2.24, 2.45) is 0 Å². The van der Waals surface area contributed by atoms with Crippen molar-refractivity contribution in [3.8, 4) is 6.07 Å². The molecule has 2 N–H and O–H groups in total. The summed E-state index contributed by atoms with van der Waals surface area (Å²) in [6.07, 6.45) is 2.40. The fourth-order valence-corrected chi connectivity index (χ4v) is 2.27. The lowest BCUT2D eigenvalue weighted by Gasteiger charge is -2.07. The van der Waals surface area contributed by atoms with E-state index >= 15 is 0 Å². The molecule has 134 valence electrons. The minimum atomic E-state index is -0.921. The fraction of sp³-hybridized carbons (Fsp3) is 0.412. The molecule has 1 rings (SSSR count). The van der Waals surface area contributed by atoms with E-state index in [0.29, 0.717) is 0 Å². The molecule has 1 aromatic rings. The van der Waals surface area contributed by atoms with Gasteiger partial charge in [-0.2, -0.15) is 5.26 Å². The summed E-state index contributed by atoms with van der Waals surface area (Å²) in [4.78, 5) is 34.3.